The van der Waals surface area contributed by atoms with Crippen molar-refractivity contribution in [2.75, 3.05) is 32.7 Å². The van der Waals surface area contributed by atoms with Crippen molar-refractivity contribution in [3.63, 3.8) is 0 Å². The Morgan fingerprint density at radius 1 is 1.00 bits per heavy atom. The minimum atomic E-state index is -0.330. The second kappa shape index (κ2) is 11.5. The molecule has 2 aliphatic rings. The zero-order valence-electron chi connectivity index (χ0n) is 20.5. The summed E-state index contributed by atoms with van der Waals surface area (Å²) < 4.78 is 0. The number of carbonyl (C=O) groups is 4. The number of thioether (sulfide) groups is 1. The number of hydrogen-bond acceptors (Lipinski definition) is 6. The lowest BCUT2D eigenvalue weighted by atomic mass is 10.1. The van der Waals surface area contributed by atoms with Crippen LogP contribution < -0.4 is 5.32 Å². The molecule has 2 aliphatic heterocycles. The Labute approximate surface area is 215 Å². The molecule has 2 saturated heterocycles. The Hall–Kier alpha value is -3.43. The van der Waals surface area contributed by atoms with Crippen molar-refractivity contribution in [1.29, 1.82) is 0 Å². The molecule has 0 spiro atoms. The quantitative estimate of drug-likeness (QED) is 0.580. The Kier molecular flexibility index (Phi) is 8.22. The Morgan fingerprint density at radius 3 is 2.42 bits per heavy atom. The van der Waals surface area contributed by atoms with Gasteiger partial charge in [0.25, 0.3) is 17.1 Å². The van der Waals surface area contributed by atoms with Crippen LogP contribution in [0.15, 0.2) is 59.5 Å². The fraction of sp³-hybridized carbons (Fsp3) is 0.333. The van der Waals surface area contributed by atoms with E-state index in [4.69, 9.17) is 0 Å². The standard InChI is InChI=1S/C27H30N4O4S/c1-19(2)28-24(32)18-29-11-13-30(14-12-29)25(33)22-10-6-9-21(15-22)16-23-26(34)31(27(35)36-23)17-20-7-4-3-5-8-20/h3-10,15-16,19H,11-14,17-18H2,1-2H3,(H,28,32). The van der Waals surface area contributed by atoms with Crippen LogP contribution in [0.1, 0.15) is 35.3 Å². The molecule has 8 nitrogen and oxygen atoms in total. The highest BCUT2D eigenvalue weighted by Crippen LogP contribution is 2.33. The smallest absolute Gasteiger partial charge is 0.293 e. The first-order valence-corrected chi connectivity index (χ1v) is 12.8. The van der Waals surface area contributed by atoms with Crippen molar-refractivity contribution in [1.82, 2.24) is 20.0 Å². The SMILES string of the molecule is CC(C)NC(=O)CN1CCN(C(=O)c2cccc(C=C3SC(=O)N(Cc4ccccc4)C3=O)c2)CC1. The molecule has 2 aromatic carbocycles. The van der Waals surface area contributed by atoms with Crippen LogP contribution >= 0.6 is 11.8 Å². The molecule has 0 bridgehead atoms. The third kappa shape index (κ3) is 6.41. The molecule has 0 unspecified atom stereocenters. The molecule has 4 rings (SSSR count). The van der Waals surface area contributed by atoms with Gasteiger partial charge in [0.15, 0.2) is 0 Å². The van der Waals surface area contributed by atoms with Crippen molar-refractivity contribution in [2.24, 2.45) is 0 Å². The number of imide groups is 1. The summed E-state index contributed by atoms with van der Waals surface area (Å²) in [6.45, 7) is 6.75. The fourth-order valence-electron chi connectivity index (χ4n) is 4.18. The summed E-state index contributed by atoms with van der Waals surface area (Å²) in [4.78, 5) is 55.8. The van der Waals surface area contributed by atoms with Crippen LogP contribution in [0.5, 0.6) is 0 Å². The number of nitrogens with one attached hydrogen (secondary N) is 1. The van der Waals surface area contributed by atoms with Crippen LogP contribution in [0.2, 0.25) is 0 Å². The summed E-state index contributed by atoms with van der Waals surface area (Å²) in [5.41, 5.74) is 2.10. The molecule has 0 aliphatic carbocycles. The first-order chi connectivity index (χ1) is 17.3. The number of piperazine rings is 1. The monoisotopic (exact) mass is 506 g/mol. The van der Waals surface area contributed by atoms with E-state index in [2.05, 4.69) is 5.32 Å². The zero-order chi connectivity index (χ0) is 25.7. The van der Waals surface area contributed by atoms with Gasteiger partial charge in [0.05, 0.1) is 18.0 Å². The number of hydrogen-bond donors (Lipinski definition) is 1. The lowest BCUT2D eigenvalue weighted by molar-refractivity contribution is -0.124. The van der Waals surface area contributed by atoms with E-state index in [1.165, 1.54) is 4.90 Å². The summed E-state index contributed by atoms with van der Waals surface area (Å²) in [7, 11) is 0. The van der Waals surface area contributed by atoms with Gasteiger partial charge in [-0.2, -0.15) is 0 Å². The highest BCUT2D eigenvalue weighted by atomic mass is 32.2. The van der Waals surface area contributed by atoms with Crippen LogP contribution in [0, 0.1) is 0 Å². The molecular weight excluding hydrogens is 476 g/mol. The number of nitrogens with zero attached hydrogens (tertiary/aromatic N) is 3. The second-order valence-electron chi connectivity index (χ2n) is 9.17. The molecule has 0 atom stereocenters. The van der Waals surface area contributed by atoms with Gasteiger partial charge in [0.2, 0.25) is 5.91 Å². The number of rotatable bonds is 7. The molecule has 1 N–H and O–H groups in total. The van der Waals surface area contributed by atoms with Gasteiger partial charge in [-0.15, -0.1) is 0 Å². The van der Waals surface area contributed by atoms with Crippen molar-refractivity contribution in [3.05, 3.63) is 76.2 Å². The van der Waals surface area contributed by atoms with Gasteiger partial charge in [0.1, 0.15) is 0 Å². The molecule has 2 fully saturated rings. The number of benzene rings is 2. The van der Waals surface area contributed by atoms with Crippen LogP contribution in [0.3, 0.4) is 0 Å². The van der Waals surface area contributed by atoms with Crippen molar-refractivity contribution in [3.8, 4) is 0 Å². The van der Waals surface area contributed by atoms with E-state index in [0.717, 1.165) is 17.3 Å². The Bertz CT molecular complexity index is 1170. The zero-order valence-corrected chi connectivity index (χ0v) is 21.3. The molecule has 0 aromatic heterocycles. The summed E-state index contributed by atoms with van der Waals surface area (Å²) in [6.07, 6.45) is 1.66. The highest BCUT2D eigenvalue weighted by molar-refractivity contribution is 8.18. The maximum atomic E-state index is 13.1. The van der Waals surface area contributed by atoms with Crippen molar-refractivity contribution in [2.45, 2.75) is 26.4 Å². The van der Waals surface area contributed by atoms with E-state index in [0.29, 0.717) is 48.8 Å². The van der Waals surface area contributed by atoms with Crippen LogP contribution in [-0.4, -0.2) is 76.4 Å². The van der Waals surface area contributed by atoms with Gasteiger partial charge in [-0.3, -0.25) is 29.0 Å². The summed E-state index contributed by atoms with van der Waals surface area (Å²) in [5.74, 6) is -0.428. The van der Waals surface area contributed by atoms with Gasteiger partial charge < -0.3 is 10.2 Å². The second-order valence-corrected chi connectivity index (χ2v) is 10.2. The maximum Gasteiger partial charge on any atom is 0.293 e. The van der Waals surface area contributed by atoms with Crippen molar-refractivity contribution < 1.29 is 19.2 Å². The minimum Gasteiger partial charge on any atom is -0.353 e. The van der Waals surface area contributed by atoms with Crippen molar-refractivity contribution >= 4 is 40.8 Å². The molecule has 2 aromatic rings. The van der Waals surface area contributed by atoms with E-state index in [9.17, 15) is 19.2 Å². The van der Waals surface area contributed by atoms with E-state index < -0.39 is 0 Å². The Balaban J connectivity index is 1.37. The minimum absolute atomic E-state index is 0.00865. The molecule has 0 radical (unpaired) electrons. The molecule has 2 heterocycles. The lowest BCUT2D eigenvalue weighted by Crippen LogP contribution is -2.51. The average Bonchev–Trinajstić information content (AvgIpc) is 3.11. The third-order valence-corrected chi connectivity index (χ3v) is 6.87. The van der Waals surface area contributed by atoms with E-state index in [-0.39, 0.29) is 35.5 Å². The largest absolute Gasteiger partial charge is 0.353 e. The van der Waals surface area contributed by atoms with Gasteiger partial charge in [-0.05, 0) is 54.9 Å². The van der Waals surface area contributed by atoms with Gasteiger partial charge in [-0.1, -0.05) is 42.5 Å². The predicted octanol–water partition coefficient (Wildman–Crippen LogP) is 3.21. The maximum absolute atomic E-state index is 13.1. The summed E-state index contributed by atoms with van der Waals surface area (Å²) >= 11 is 0.912. The topological polar surface area (TPSA) is 90.0 Å². The first kappa shape index (κ1) is 25.7. The number of amides is 4. The molecule has 4 amide bonds. The average molecular weight is 507 g/mol. The normalized spacial score (nSPS) is 17.8. The third-order valence-electron chi connectivity index (χ3n) is 5.96. The van der Waals surface area contributed by atoms with E-state index >= 15 is 0 Å². The lowest BCUT2D eigenvalue weighted by Gasteiger charge is -2.34. The van der Waals surface area contributed by atoms with Gasteiger partial charge in [-0.25, -0.2) is 0 Å². The molecule has 188 valence electrons. The summed E-state index contributed by atoms with van der Waals surface area (Å²) in [5, 5.41) is 2.59. The van der Waals surface area contributed by atoms with E-state index in [1.807, 2.05) is 55.1 Å². The highest BCUT2D eigenvalue weighted by Gasteiger charge is 2.35. The fourth-order valence-corrected chi connectivity index (χ4v) is 5.02. The van der Waals surface area contributed by atoms with Crippen LogP contribution in [-0.2, 0) is 16.1 Å². The van der Waals surface area contributed by atoms with Crippen LogP contribution in [0.4, 0.5) is 4.79 Å². The Morgan fingerprint density at radius 2 is 1.72 bits per heavy atom. The molecule has 36 heavy (non-hydrogen) atoms. The van der Waals surface area contributed by atoms with E-state index in [1.54, 1.807) is 29.2 Å². The first-order valence-electron chi connectivity index (χ1n) is 12.0. The molecular formula is C27H30N4O4S. The van der Waals surface area contributed by atoms with Gasteiger partial charge in [0, 0.05) is 37.8 Å². The number of carbonyl (C=O) groups excluding carboxylic acids is 4. The molecule has 9 heteroatoms. The van der Waals surface area contributed by atoms with Crippen LogP contribution in [0.25, 0.3) is 6.08 Å². The predicted molar refractivity (Wildman–Crippen MR) is 140 cm³/mol. The molecule has 0 saturated carbocycles. The summed E-state index contributed by atoms with van der Waals surface area (Å²) in [6, 6.07) is 16.6. The van der Waals surface area contributed by atoms with Gasteiger partial charge >= 0.3 is 0 Å².